The molecular weight excluding hydrogens is 232 g/mol. The molecule has 0 bridgehead atoms. The van der Waals surface area contributed by atoms with Crippen LogP contribution in [-0.4, -0.2) is 21.6 Å². The summed E-state index contributed by atoms with van der Waals surface area (Å²) in [6.07, 6.45) is 0.778. The molecule has 0 radical (unpaired) electrons. The van der Waals surface area contributed by atoms with Gasteiger partial charge in [0, 0.05) is 11.8 Å². The van der Waals surface area contributed by atoms with E-state index in [1.165, 1.54) is 0 Å². The Kier molecular flexibility index (Phi) is 2.29. The van der Waals surface area contributed by atoms with Gasteiger partial charge in [-0.15, -0.1) is 0 Å². The predicted molar refractivity (Wildman–Crippen MR) is 65.6 cm³/mol. The number of anilines is 1. The van der Waals surface area contributed by atoms with Crippen molar-refractivity contribution in [2.24, 2.45) is 0 Å². The van der Waals surface area contributed by atoms with E-state index in [0.717, 1.165) is 10.9 Å². The van der Waals surface area contributed by atoms with E-state index in [4.69, 9.17) is 5.73 Å². The highest BCUT2D eigenvalue weighted by atomic mass is 16.2. The van der Waals surface area contributed by atoms with Crippen molar-refractivity contribution >= 4 is 28.5 Å². The zero-order valence-corrected chi connectivity index (χ0v) is 9.59. The number of piperidine rings is 1. The van der Waals surface area contributed by atoms with E-state index in [1.807, 2.05) is 24.3 Å². The van der Waals surface area contributed by atoms with Gasteiger partial charge in [-0.25, -0.2) is 0 Å². The van der Waals surface area contributed by atoms with Crippen LogP contribution in [0.2, 0.25) is 0 Å². The molecule has 0 aliphatic carbocycles. The van der Waals surface area contributed by atoms with Crippen molar-refractivity contribution in [2.45, 2.75) is 18.9 Å². The molecule has 1 aromatic heterocycles. The largest absolute Gasteiger partial charge is 0.382 e. The summed E-state index contributed by atoms with van der Waals surface area (Å²) in [6, 6.07) is 6.99. The lowest BCUT2D eigenvalue weighted by Gasteiger charge is -2.21. The van der Waals surface area contributed by atoms with E-state index in [2.05, 4.69) is 10.4 Å². The minimum Gasteiger partial charge on any atom is -0.382 e. The normalized spacial score (nSPS) is 20.1. The number of carbonyl (C=O) groups is 2. The molecule has 0 saturated carbocycles. The van der Waals surface area contributed by atoms with Crippen LogP contribution in [0.25, 0.3) is 10.9 Å². The number of nitrogen functional groups attached to an aromatic ring is 1. The molecular formula is C12H12N4O2. The maximum absolute atomic E-state index is 11.8. The van der Waals surface area contributed by atoms with Crippen molar-refractivity contribution in [3.63, 3.8) is 0 Å². The minimum absolute atomic E-state index is 0.235. The third-order valence-electron chi connectivity index (χ3n) is 3.15. The number of benzene rings is 1. The second-order valence-electron chi connectivity index (χ2n) is 4.31. The van der Waals surface area contributed by atoms with Crippen molar-refractivity contribution in [3.8, 4) is 0 Å². The summed E-state index contributed by atoms with van der Waals surface area (Å²) >= 11 is 0. The van der Waals surface area contributed by atoms with Crippen LogP contribution in [0.15, 0.2) is 24.3 Å². The lowest BCUT2D eigenvalue weighted by atomic mass is 10.1. The molecule has 3 N–H and O–H groups in total. The third kappa shape index (κ3) is 1.54. The molecule has 1 unspecified atom stereocenters. The Morgan fingerprint density at radius 3 is 2.89 bits per heavy atom. The molecule has 18 heavy (non-hydrogen) atoms. The van der Waals surface area contributed by atoms with Crippen LogP contribution >= 0.6 is 0 Å². The van der Waals surface area contributed by atoms with Crippen LogP contribution in [0.1, 0.15) is 18.9 Å². The lowest BCUT2D eigenvalue weighted by Crippen LogP contribution is -2.42. The summed E-state index contributed by atoms with van der Waals surface area (Å²) in [4.78, 5) is 23.0. The molecule has 1 saturated heterocycles. The molecule has 1 fully saturated rings. The second kappa shape index (κ2) is 3.83. The molecule has 6 heteroatoms. The first-order valence-corrected chi connectivity index (χ1v) is 5.73. The van der Waals surface area contributed by atoms with Gasteiger partial charge in [0.2, 0.25) is 5.91 Å². The quantitative estimate of drug-likeness (QED) is 0.718. The Labute approximate surface area is 103 Å². The van der Waals surface area contributed by atoms with E-state index in [0.29, 0.717) is 18.7 Å². The molecule has 3 rings (SSSR count). The zero-order chi connectivity index (χ0) is 12.7. The first-order chi connectivity index (χ1) is 8.66. The number of hydrogen-bond donors (Lipinski definition) is 2. The number of rotatable bonds is 1. The van der Waals surface area contributed by atoms with Crippen molar-refractivity contribution in [1.82, 2.24) is 15.1 Å². The van der Waals surface area contributed by atoms with Gasteiger partial charge in [0.05, 0.1) is 5.52 Å². The summed E-state index contributed by atoms with van der Waals surface area (Å²) in [5, 5.41) is 7.35. The summed E-state index contributed by atoms with van der Waals surface area (Å²) in [5.74, 6) is -0.157. The monoisotopic (exact) mass is 244 g/mol. The molecule has 92 valence electrons. The summed E-state index contributed by atoms with van der Waals surface area (Å²) < 4.78 is 1.60. The number of amides is 2. The average molecular weight is 244 g/mol. The van der Waals surface area contributed by atoms with Crippen molar-refractivity contribution in [1.29, 1.82) is 0 Å². The van der Waals surface area contributed by atoms with E-state index >= 15 is 0 Å². The fourth-order valence-corrected chi connectivity index (χ4v) is 2.27. The highest BCUT2D eigenvalue weighted by Gasteiger charge is 2.30. The SMILES string of the molecule is Nc1nn(C2CCC(=O)NC2=O)c2ccccc12. The Balaban J connectivity index is 2.09. The van der Waals surface area contributed by atoms with E-state index in [-0.39, 0.29) is 11.8 Å². The van der Waals surface area contributed by atoms with Gasteiger partial charge in [-0.3, -0.25) is 19.6 Å². The minimum atomic E-state index is -0.468. The van der Waals surface area contributed by atoms with Gasteiger partial charge < -0.3 is 5.73 Å². The number of imide groups is 1. The molecule has 1 aliphatic heterocycles. The molecule has 0 spiro atoms. The predicted octanol–water partition coefficient (Wildman–Crippen LogP) is 0.596. The Morgan fingerprint density at radius 1 is 1.33 bits per heavy atom. The maximum atomic E-state index is 11.8. The van der Waals surface area contributed by atoms with E-state index in [1.54, 1.807) is 4.68 Å². The zero-order valence-electron chi connectivity index (χ0n) is 9.59. The van der Waals surface area contributed by atoms with Crippen LogP contribution < -0.4 is 11.1 Å². The first kappa shape index (κ1) is 10.8. The van der Waals surface area contributed by atoms with E-state index < -0.39 is 6.04 Å². The third-order valence-corrected chi connectivity index (χ3v) is 3.15. The molecule has 1 aliphatic rings. The number of nitrogens with zero attached hydrogens (tertiary/aromatic N) is 2. The van der Waals surface area contributed by atoms with Crippen molar-refractivity contribution < 1.29 is 9.59 Å². The van der Waals surface area contributed by atoms with Crippen LogP contribution in [0.3, 0.4) is 0 Å². The summed E-state index contributed by atoms with van der Waals surface area (Å²) in [6.45, 7) is 0. The van der Waals surface area contributed by atoms with Crippen LogP contribution in [-0.2, 0) is 9.59 Å². The summed E-state index contributed by atoms with van der Waals surface area (Å²) in [5.41, 5.74) is 6.64. The maximum Gasteiger partial charge on any atom is 0.251 e. The highest BCUT2D eigenvalue weighted by Crippen LogP contribution is 2.26. The van der Waals surface area contributed by atoms with Gasteiger partial charge in [0.15, 0.2) is 5.82 Å². The number of fused-ring (bicyclic) bond motifs is 1. The molecule has 1 atom stereocenters. The van der Waals surface area contributed by atoms with Gasteiger partial charge in [0.25, 0.3) is 5.91 Å². The van der Waals surface area contributed by atoms with Crippen molar-refractivity contribution in [2.75, 3.05) is 5.73 Å². The molecule has 6 nitrogen and oxygen atoms in total. The molecule has 2 aromatic rings. The van der Waals surface area contributed by atoms with Gasteiger partial charge in [-0.05, 0) is 18.6 Å². The number of aromatic nitrogens is 2. The highest BCUT2D eigenvalue weighted by molar-refractivity contribution is 6.00. The van der Waals surface area contributed by atoms with Crippen LogP contribution in [0, 0.1) is 0 Å². The van der Waals surface area contributed by atoms with Crippen molar-refractivity contribution in [3.05, 3.63) is 24.3 Å². The first-order valence-electron chi connectivity index (χ1n) is 5.73. The van der Waals surface area contributed by atoms with Gasteiger partial charge in [-0.1, -0.05) is 12.1 Å². The number of carbonyl (C=O) groups excluding carboxylic acids is 2. The Bertz CT molecular complexity index is 647. The number of nitrogens with one attached hydrogen (secondary N) is 1. The lowest BCUT2D eigenvalue weighted by molar-refractivity contribution is -0.135. The fraction of sp³-hybridized carbons (Fsp3) is 0.250. The van der Waals surface area contributed by atoms with Crippen LogP contribution in [0.4, 0.5) is 5.82 Å². The van der Waals surface area contributed by atoms with Gasteiger partial charge in [-0.2, -0.15) is 5.10 Å². The average Bonchev–Trinajstić information content (AvgIpc) is 2.68. The fourth-order valence-electron chi connectivity index (χ4n) is 2.27. The molecule has 2 heterocycles. The Hall–Kier alpha value is -2.37. The van der Waals surface area contributed by atoms with Gasteiger partial charge in [0.1, 0.15) is 6.04 Å². The number of nitrogens with two attached hydrogens (primary N) is 1. The summed E-state index contributed by atoms with van der Waals surface area (Å²) in [7, 11) is 0. The topological polar surface area (TPSA) is 90.0 Å². The smallest absolute Gasteiger partial charge is 0.251 e. The molecule has 1 aromatic carbocycles. The van der Waals surface area contributed by atoms with Gasteiger partial charge >= 0.3 is 0 Å². The standard InChI is InChI=1S/C12H12N4O2/c13-11-7-3-1-2-4-8(7)16(15-11)9-5-6-10(17)14-12(9)18/h1-4,9H,5-6H2,(H2,13,15)(H,14,17,18). The number of para-hydroxylation sites is 1. The van der Waals surface area contributed by atoms with Crippen LogP contribution in [0.5, 0.6) is 0 Å². The number of hydrogen-bond acceptors (Lipinski definition) is 4. The second-order valence-corrected chi connectivity index (χ2v) is 4.31. The Morgan fingerprint density at radius 2 is 2.11 bits per heavy atom. The van der Waals surface area contributed by atoms with E-state index in [9.17, 15) is 9.59 Å². The molecule has 2 amide bonds.